The van der Waals surface area contributed by atoms with Crippen LogP contribution in [0.5, 0.6) is 0 Å². The summed E-state index contributed by atoms with van der Waals surface area (Å²) < 4.78 is 47.0. The van der Waals surface area contributed by atoms with Gasteiger partial charge in [0.25, 0.3) is 0 Å². The van der Waals surface area contributed by atoms with Crippen LogP contribution in [-0.2, 0) is 0 Å². The van der Waals surface area contributed by atoms with Crippen molar-refractivity contribution in [3.8, 4) is 45.3 Å². The number of aromatic nitrogens is 3. The first-order chi connectivity index (χ1) is 20.4. The van der Waals surface area contributed by atoms with Crippen molar-refractivity contribution in [1.29, 1.82) is 0 Å². The maximum absolute atomic E-state index is 8.42. The minimum absolute atomic E-state index is 0.144. The van der Waals surface area contributed by atoms with Crippen molar-refractivity contribution >= 4 is 21.9 Å². The van der Waals surface area contributed by atoms with Crippen LogP contribution in [0, 0.1) is 0 Å². The number of fused-ring (bicyclic) bond motifs is 3. The van der Waals surface area contributed by atoms with E-state index < -0.39 is 6.04 Å². The molecule has 0 aliphatic carbocycles. The summed E-state index contributed by atoms with van der Waals surface area (Å²) in [6.45, 7) is 0. The lowest BCUT2D eigenvalue weighted by atomic mass is 10.0. The van der Waals surface area contributed by atoms with E-state index in [0.29, 0.717) is 34.2 Å². The number of furan rings is 1. The topological polar surface area (TPSA) is 51.8 Å². The molecule has 2 heterocycles. The Morgan fingerprint density at radius 1 is 0.459 bits per heavy atom. The molecular weight excluding hydrogens is 454 g/mol. The number of hydrogen-bond donors (Lipinski definition) is 0. The molecule has 0 bridgehead atoms. The molecule has 2 aromatic heterocycles. The third-order valence-corrected chi connectivity index (χ3v) is 6.22. The molecule has 0 saturated carbocycles. The molecule has 7 rings (SSSR count). The second-order valence-electron chi connectivity index (χ2n) is 8.56. The zero-order chi connectivity index (χ0) is 29.0. The van der Waals surface area contributed by atoms with E-state index in [2.05, 4.69) is 0 Å². The van der Waals surface area contributed by atoms with Gasteiger partial charge in [-0.3, -0.25) is 0 Å². The summed E-state index contributed by atoms with van der Waals surface area (Å²) in [6.07, 6.45) is 0. The molecule has 0 amide bonds. The van der Waals surface area contributed by atoms with Crippen LogP contribution < -0.4 is 0 Å². The lowest BCUT2D eigenvalue weighted by molar-refractivity contribution is 0.669. The highest BCUT2D eigenvalue weighted by molar-refractivity contribution is 6.07. The third-order valence-electron chi connectivity index (χ3n) is 6.22. The average Bonchev–Trinajstić information content (AvgIpc) is 3.41. The number of benzene rings is 5. The number of rotatable bonds is 4. The second kappa shape index (κ2) is 8.85. The van der Waals surface area contributed by atoms with Crippen molar-refractivity contribution in [1.82, 2.24) is 15.0 Å². The maximum atomic E-state index is 8.42. The van der Waals surface area contributed by atoms with Crippen molar-refractivity contribution < 1.29 is 11.3 Å². The Bertz CT molecular complexity index is 2060. The van der Waals surface area contributed by atoms with Crippen LogP contribution in [0.25, 0.3) is 67.2 Å². The molecule has 37 heavy (non-hydrogen) atoms. The van der Waals surface area contributed by atoms with E-state index in [9.17, 15) is 0 Å². The van der Waals surface area contributed by atoms with Crippen LogP contribution in [0.1, 0.15) is 6.85 Å². The summed E-state index contributed by atoms with van der Waals surface area (Å²) in [5.74, 6) is 1.61. The number of hydrogen-bond acceptors (Lipinski definition) is 4. The highest BCUT2D eigenvalue weighted by Crippen LogP contribution is 2.35. The molecule has 0 unspecified atom stereocenters. The fraction of sp³-hybridized carbons (Fsp3) is 0. The maximum Gasteiger partial charge on any atom is 0.164 e. The van der Waals surface area contributed by atoms with Gasteiger partial charge < -0.3 is 4.42 Å². The predicted octanol–water partition coefficient (Wildman–Crippen LogP) is 8.44. The molecule has 5 aromatic carbocycles. The second-order valence-corrected chi connectivity index (χ2v) is 8.56. The largest absolute Gasteiger partial charge is 0.456 e. The van der Waals surface area contributed by atoms with E-state index >= 15 is 0 Å². The van der Waals surface area contributed by atoms with Crippen molar-refractivity contribution in [2.45, 2.75) is 0 Å². The zero-order valence-corrected chi connectivity index (χ0v) is 19.5. The molecule has 7 aromatic rings. The van der Waals surface area contributed by atoms with E-state index in [1.807, 2.05) is 78.9 Å². The first kappa shape index (κ1) is 16.6. The average molecular weight is 481 g/mol. The summed E-state index contributed by atoms with van der Waals surface area (Å²) in [4.78, 5) is 14.4. The fourth-order valence-corrected chi connectivity index (χ4v) is 4.40. The lowest BCUT2D eigenvalue weighted by Gasteiger charge is -2.08. The lowest BCUT2D eigenvalue weighted by Crippen LogP contribution is -2.00. The van der Waals surface area contributed by atoms with Crippen LogP contribution in [0.4, 0.5) is 0 Å². The van der Waals surface area contributed by atoms with Crippen LogP contribution in [0.3, 0.4) is 0 Å². The van der Waals surface area contributed by atoms with E-state index in [4.69, 9.17) is 26.2 Å². The van der Waals surface area contributed by atoms with Gasteiger partial charge in [0.15, 0.2) is 17.5 Å². The minimum atomic E-state index is -0.421. The van der Waals surface area contributed by atoms with Crippen molar-refractivity contribution in [3.05, 3.63) is 127 Å². The Morgan fingerprint density at radius 3 is 1.51 bits per heavy atom. The van der Waals surface area contributed by atoms with Gasteiger partial charge in [-0.2, -0.15) is 0 Å². The van der Waals surface area contributed by atoms with Gasteiger partial charge in [0.05, 0.1) is 6.85 Å². The molecule has 0 spiro atoms. The molecule has 4 heteroatoms. The van der Waals surface area contributed by atoms with E-state index in [0.717, 1.165) is 27.5 Å². The molecule has 0 atom stereocenters. The molecular formula is C33H21N3O. The van der Waals surface area contributed by atoms with Gasteiger partial charge in [0.2, 0.25) is 0 Å². The van der Waals surface area contributed by atoms with E-state index in [-0.39, 0.29) is 29.7 Å². The summed E-state index contributed by atoms with van der Waals surface area (Å²) >= 11 is 0. The Balaban J connectivity index is 1.42. The van der Waals surface area contributed by atoms with Crippen LogP contribution in [0.2, 0.25) is 0 Å². The Labute approximate surface area is 221 Å². The molecule has 0 aliphatic heterocycles. The SMILES string of the molecule is [2H]c1c([2H])c([2H])c(-c2ccc3oc4ccc(-c5nc(-c6ccccc6)nc(-c6ccccc6)n5)cc4c3c2)c([2H])c1[2H]. The Kier molecular flexibility index (Phi) is 3.96. The van der Waals surface area contributed by atoms with Gasteiger partial charge in [-0.25, -0.2) is 15.0 Å². The predicted molar refractivity (Wildman–Crippen MR) is 149 cm³/mol. The van der Waals surface area contributed by atoms with Gasteiger partial charge in [-0.1, -0.05) is 96.9 Å². The molecule has 174 valence electrons. The fourth-order valence-electron chi connectivity index (χ4n) is 4.40. The molecule has 0 saturated heterocycles. The molecule has 0 N–H and O–H groups in total. The highest BCUT2D eigenvalue weighted by Gasteiger charge is 2.15. The third kappa shape index (κ3) is 3.95. The van der Waals surface area contributed by atoms with Gasteiger partial charge in [-0.15, -0.1) is 0 Å². The quantitative estimate of drug-likeness (QED) is 0.254. The van der Waals surface area contributed by atoms with Crippen molar-refractivity contribution in [3.63, 3.8) is 0 Å². The van der Waals surface area contributed by atoms with Crippen LogP contribution in [0.15, 0.2) is 132 Å². The van der Waals surface area contributed by atoms with Gasteiger partial charge >= 0.3 is 0 Å². The molecule has 0 fully saturated rings. The normalized spacial score (nSPS) is 13.1. The van der Waals surface area contributed by atoms with Gasteiger partial charge in [0, 0.05) is 27.5 Å². The van der Waals surface area contributed by atoms with Crippen LogP contribution in [-0.4, -0.2) is 15.0 Å². The van der Waals surface area contributed by atoms with Gasteiger partial charge in [-0.05, 0) is 41.5 Å². The van der Waals surface area contributed by atoms with Crippen molar-refractivity contribution in [2.24, 2.45) is 0 Å². The molecule has 4 nitrogen and oxygen atoms in total. The standard InChI is InChI=1S/C33H21N3O/c1-4-10-22(11-5-1)25-16-18-29-27(20-25)28-21-26(17-19-30(28)37-29)33-35-31(23-12-6-2-7-13-23)34-32(36-33)24-14-8-3-9-15-24/h1-21H/i1D,4D,5D,10D,11D. The Hall–Kier alpha value is -5.09. The number of nitrogens with zero attached hydrogens (tertiary/aromatic N) is 3. The minimum Gasteiger partial charge on any atom is -0.456 e. The van der Waals surface area contributed by atoms with Gasteiger partial charge in [0.1, 0.15) is 11.2 Å². The summed E-state index contributed by atoms with van der Waals surface area (Å²) in [7, 11) is 0. The first-order valence-corrected chi connectivity index (χ1v) is 11.8. The summed E-state index contributed by atoms with van der Waals surface area (Å²) in [6, 6.07) is 28.8. The first-order valence-electron chi connectivity index (χ1n) is 14.3. The summed E-state index contributed by atoms with van der Waals surface area (Å²) in [5.41, 5.74) is 4.41. The van der Waals surface area contributed by atoms with Crippen molar-refractivity contribution in [2.75, 3.05) is 0 Å². The van der Waals surface area contributed by atoms with E-state index in [1.54, 1.807) is 18.2 Å². The monoisotopic (exact) mass is 480 g/mol. The van der Waals surface area contributed by atoms with E-state index in [1.165, 1.54) is 0 Å². The zero-order valence-electron chi connectivity index (χ0n) is 24.5. The summed E-state index contributed by atoms with van der Waals surface area (Å²) in [5, 5.41) is 1.54. The van der Waals surface area contributed by atoms with Crippen LogP contribution >= 0.6 is 0 Å². The highest BCUT2D eigenvalue weighted by atomic mass is 16.3. The smallest absolute Gasteiger partial charge is 0.164 e. The Morgan fingerprint density at radius 2 is 0.946 bits per heavy atom. The molecule has 0 aliphatic rings. The molecule has 0 radical (unpaired) electrons.